The van der Waals surface area contributed by atoms with Crippen LogP contribution < -0.4 is 5.32 Å². The van der Waals surface area contributed by atoms with Gasteiger partial charge in [0, 0.05) is 16.6 Å². The third kappa shape index (κ3) is 1.89. The predicted octanol–water partition coefficient (Wildman–Crippen LogP) is 2.78. The highest BCUT2D eigenvalue weighted by molar-refractivity contribution is 6.31. The Morgan fingerprint density at radius 3 is 2.95 bits per heavy atom. The molecule has 1 heterocycles. The van der Waals surface area contributed by atoms with Crippen molar-refractivity contribution in [1.29, 1.82) is 0 Å². The van der Waals surface area contributed by atoms with E-state index in [1.807, 2.05) is 19.1 Å². The van der Waals surface area contributed by atoms with Crippen molar-refractivity contribution in [2.24, 2.45) is 23.7 Å². The molecule has 2 aliphatic carbocycles. The number of rotatable bonds is 2. The normalized spacial score (nSPS) is 35.9. The van der Waals surface area contributed by atoms with Crippen molar-refractivity contribution in [3.05, 3.63) is 28.8 Å². The Hall–Kier alpha value is -1.55. The Bertz CT molecular complexity index is 642. The molecule has 3 aliphatic rings. The third-order valence-electron chi connectivity index (χ3n) is 5.23. The minimum atomic E-state index is -0.249. The molecule has 3 fully saturated rings. The van der Waals surface area contributed by atoms with E-state index in [0.717, 1.165) is 18.4 Å². The predicted molar refractivity (Wildman–Crippen MR) is 77.9 cm³/mol. The molecule has 4 nitrogen and oxygen atoms in total. The maximum absolute atomic E-state index is 12.6. The van der Waals surface area contributed by atoms with Crippen molar-refractivity contribution in [1.82, 2.24) is 0 Å². The maximum atomic E-state index is 12.6. The van der Waals surface area contributed by atoms with Crippen LogP contribution in [0.3, 0.4) is 0 Å². The molecule has 21 heavy (non-hydrogen) atoms. The van der Waals surface area contributed by atoms with E-state index in [-0.39, 0.29) is 41.7 Å². The minimum absolute atomic E-state index is 0.0605. The van der Waals surface area contributed by atoms with Crippen LogP contribution in [0.15, 0.2) is 18.2 Å². The van der Waals surface area contributed by atoms with E-state index >= 15 is 0 Å². The van der Waals surface area contributed by atoms with Crippen LogP contribution in [0.2, 0.25) is 5.02 Å². The van der Waals surface area contributed by atoms with Gasteiger partial charge >= 0.3 is 5.97 Å². The molecule has 0 spiro atoms. The zero-order valence-corrected chi connectivity index (χ0v) is 12.4. The molecule has 2 bridgehead atoms. The molecule has 1 amide bonds. The monoisotopic (exact) mass is 305 g/mol. The van der Waals surface area contributed by atoms with Gasteiger partial charge in [-0.05, 0) is 43.4 Å². The third-order valence-corrected chi connectivity index (χ3v) is 5.63. The number of benzene rings is 1. The van der Waals surface area contributed by atoms with Crippen molar-refractivity contribution < 1.29 is 14.3 Å². The smallest absolute Gasteiger partial charge is 0.310 e. The van der Waals surface area contributed by atoms with E-state index in [0.29, 0.717) is 10.7 Å². The van der Waals surface area contributed by atoms with Crippen molar-refractivity contribution in [2.45, 2.75) is 25.9 Å². The number of carbonyl (C=O) groups is 2. The van der Waals surface area contributed by atoms with Crippen LogP contribution in [0, 0.1) is 30.6 Å². The van der Waals surface area contributed by atoms with E-state index in [4.69, 9.17) is 16.3 Å². The van der Waals surface area contributed by atoms with Gasteiger partial charge in [0.25, 0.3) is 0 Å². The number of amides is 1. The van der Waals surface area contributed by atoms with Crippen LogP contribution in [-0.2, 0) is 14.3 Å². The number of esters is 1. The molecule has 4 rings (SSSR count). The van der Waals surface area contributed by atoms with E-state index < -0.39 is 0 Å². The number of hydrogen-bond donors (Lipinski definition) is 1. The van der Waals surface area contributed by atoms with E-state index in [2.05, 4.69) is 5.32 Å². The zero-order valence-electron chi connectivity index (χ0n) is 11.6. The lowest BCUT2D eigenvalue weighted by atomic mass is 9.79. The first kappa shape index (κ1) is 13.1. The van der Waals surface area contributed by atoms with Crippen molar-refractivity contribution >= 4 is 29.2 Å². The van der Waals surface area contributed by atoms with Crippen LogP contribution >= 0.6 is 11.6 Å². The zero-order chi connectivity index (χ0) is 14.7. The number of ether oxygens (including phenoxy) is 1. The van der Waals surface area contributed by atoms with Gasteiger partial charge in [-0.25, -0.2) is 0 Å². The van der Waals surface area contributed by atoms with E-state index in [1.54, 1.807) is 6.07 Å². The molecule has 1 N–H and O–H groups in total. The topological polar surface area (TPSA) is 55.4 Å². The fourth-order valence-corrected chi connectivity index (χ4v) is 4.44. The summed E-state index contributed by atoms with van der Waals surface area (Å²) in [6.45, 7) is 1.92. The lowest BCUT2D eigenvalue weighted by Gasteiger charge is -2.23. The molecular formula is C16H16ClNO3. The molecule has 110 valence electrons. The number of hydrogen-bond acceptors (Lipinski definition) is 3. The highest BCUT2D eigenvalue weighted by Gasteiger charge is 2.63. The second-order valence-electron chi connectivity index (χ2n) is 6.38. The van der Waals surface area contributed by atoms with Crippen molar-refractivity contribution in [2.75, 3.05) is 5.32 Å². The quantitative estimate of drug-likeness (QED) is 0.855. The van der Waals surface area contributed by atoms with E-state index in [1.165, 1.54) is 0 Å². The van der Waals surface area contributed by atoms with E-state index in [9.17, 15) is 9.59 Å². The van der Waals surface area contributed by atoms with Gasteiger partial charge in [-0.1, -0.05) is 17.7 Å². The number of carbonyl (C=O) groups excluding carboxylic acids is 2. The molecule has 1 saturated heterocycles. The van der Waals surface area contributed by atoms with Gasteiger partial charge in [-0.2, -0.15) is 0 Å². The lowest BCUT2D eigenvalue weighted by molar-refractivity contribution is -0.145. The first-order valence-electron chi connectivity index (χ1n) is 7.32. The average Bonchev–Trinajstić information content (AvgIpc) is 3.04. The Morgan fingerprint density at radius 2 is 2.19 bits per heavy atom. The Morgan fingerprint density at radius 1 is 1.38 bits per heavy atom. The fraction of sp³-hybridized carbons (Fsp3) is 0.500. The number of halogens is 1. The van der Waals surface area contributed by atoms with Gasteiger partial charge in [-0.3, -0.25) is 9.59 Å². The summed E-state index contributed by atoms with van der Waals surface area (Å²) in [5.41, 5.74) is 1.65. The van der Waals surface area contributed by atoms with Crippen LogP contribution in [0.4, 0.5) is 5.69 Å². The number of nitrogens with one attached hydrogen (secondary N) is 1. The van der Waals surface area contributed by atoms with Crippen LogP contribution in [0.5, 0.6) is 0 Å². The summed E-state index contributed by atoms with van der Waals surface area (Å²) in [6, 6.07) is 5.46. The summed E-state index contributed by atoms with van der Waals surface area (Å²) >= 11 is 6.08. The number of aryl methyl sites for hydroxylation is 1. The van der Waals surface area contributed by atoms with Crippen LogP contribution in [0.1, 0.15) is 18.4 Å². The second kappa shape index (κ2) is 4.47. The summed E-state index contributed by atoms with van der Waals surface area (Å²) in [5.74, 6) is -0.231. The number of anilines is 1. The molecule has 2 saturated carbocycles. The largest absolute Gasteiger partial charge is 0.462 e. The molecular weight excluding hydrogens is 290 g/mol. The van der Waals surface area contributed by atoms with Gasteiger partial charge in [0.1, 0.15) is 6.10 Å². The van der Waals surface area contributed by atoms with Gasteiger partial charge < -0.3 is 10.1 Å². The van der Waals surface area contributed by atoms with Crippen LogP contribution in [-0.4, -0.2) is 18.0 Å². The second-order valence-corrected chi connectivity index (χ2v) is 6.78. The van der Waals surface area contributed by atoms with Gasteiger partial charge in [0.15, 0.2) is 0 Å². The summed E-state index contributed by atoms with van der Waals surface area (Å²) in [6.07, 6.45) is 1.83. The summed E-state index contributed by atoms with van der Waals surface area (Å²) in [4.78, 5) is 24.5. The van der Waals surface area contributed by atoms with Crippen molar-refractivity contribution in [3.8, 4) is 0 Å². The first-order chi connectivity index (χ1) is 10.0. The molecule has 1 aromatic carbocycles. The Kier molecular flexibility index (Phi) is 2.80. The van der Waals surface area contributed by atoms with Gasteiger partial charge in [-0.15, -0.1) is 0 Å². The molecule has 1 aromatic rings. The molecule has 5 atom stereocenters. The van der Waals surface area contributed by atoms with Gasteiger partial charge in [0.05, 0.1) is 11.8 Å². The molecule has 0 aromatic heterocycles. The summed E-state index contributed by atoms with van der Waals surface area (Å²) in [5, 5.41) is 3.53. The SMILES string of the molecule is Cc1ccc(NC(=O)[C@H]2[C@H]3C[C@H]4[C@H]2C(=O)O[C@H]4C3)cc1Cl. The molecule has 1 aliphatic heterocycles. The van der Waals surface area contributed by atoms with Crippen LogP contribution in [0.25, 0.3) is 0 Å². The molecule has 0 radical (unpaired) electrons. The van der Waals surface area contributed by atoms with Crippen molar-refractivity contribution in [3.63, 3.8) is 0 Å². The number of fused-ring (bicyclic) bond motifs is 1. The average molecular weight is 306 g/mol. The lowest BCUT2D eigenvalue weighted by Crippen LogP contribution is -2.35. The first-order valence-corrected chi connectivity index (χ1v) is 7.70. The standard InChI is InChI=1S/C16H16ClNO3/c1-7-2-3-9(6-11(7)17)18-15(19)13-8-4-10-12(5-8)21-16(20)14(10)13/h2-3,6,8,10,12-14H,4-5H2,1H3,(H,18,19)/t8-,10+,12-,13-,14+/m0/s1. The summed E-state index contributed by atoms with van der Waals surface area (Å²) in [7, 11) is 0. The molecule has 5 heteroatoms. The Labute approximate surface area is 127 Å². The summed E-state index contributed by atoms with van der Waals surface area (Å²) < 4.78 is 5.36. The maximum Gasteiger partial charge on any atom is 0.310 e. The fourth-order valence-electron chi connectivity index (χ4n) is 4.26. The minimum Gasteiger partial charge on any atom is -0.462 e. The molecule has 0 unspecified atom stereocenters. The highest BCUT2D eigenvalue weighted by Crippen LogP contribution is 2.57. The Balaban J connectivity index is 1.55. The highest BCUT2D eigenvalue weighted by atomic mass is 35.5. The van der Waals surface area contributed by atoms with Gasteiger partial charge in [0.2, 0.25) is 5.91 Å².